The van der Waals surface area contributed by atoms with Crippen LogP contribution in [0.3, 0.4) is 0 Å². The molecule has 2 N–H and O–H groups in total. The Kier molecular flexibility index (Phi) is 9.04. The molecule has 2 heterocycles. The molecule has 3 amide bonds. The smallest absolute Gasteiger partial charge is 0.413 e. The van der Waals surface area contributed by atoms with E-state index in [4.69, 9.17) is 0 Å². The maximum absolute atomic E-state index is 13.5. The molecular weight excluding hydrogens is 552 g/mol. The van der Waals surface area contributed by atoms with Crippen LogP contribution in [0.2, 0.25) is 0 Å². The summed E-state index contributed by atoms with van der Waals surface area (Å²) in [7, 11) is -0.712. The van der Waals surface area contributed by atoms with Gasteiger partial charge in [0.1, 0.15) is 5.00 Å². The Morgan fingerprint density at radius 1 is 1.05 bits per heavy atom. The molecule has 12 heteroatoms. The van der Waals surface area contributed by atoms with Crippen molar-refractivity contribution in [3.8, 4) is 0 Å². The molecule has 0 bridgehead atoms. The number of likely N-dealkylation sites (N-methyl/N-ethyl adjacent to an activating group) is 1. The number of thiophene rings is 1. The van der Waals surface area contributed by atoms with Crippen LogP contribution in [0, 0.1) is 0 Å². The first kappa shape index (κ1) is 29.4. The van der Waals surface area contributed by atoms with E-state index in [9.17, 15) is 22.8 Å². The summed E-state index contributed by atoms with van der Waals surface area (Å²) in [5.41, 5.74) is 2.11. The Labute approximate surface area is 238 Å². The Bertz CT molecular complexity index is 1500. The highest BCUT2D eigenvalue weighted by molar-refractivity contribution is 7.89. The van der Waals surface area contributed by atoms with Gasteiger partial charge in [-0.05, 0) is 62.7 Å². The van der Waals surface area contributed by atoms with Crippen molar-refractivity contribution < 1.29 is 27.5 Å². The minimum atomic E-state index is -3.84. The van der Waals surface area contributed by atoms with Gasteiger partial charge in [-0.2, -0.15) is 4.31 Å². The van der Waals surface area contributed by atoms with E-state index in [1.54, 1.807) is 0 Å². The number of anilines is 1. The SMILES string of the molecule is COC(=O)NC(=O)c1c(NC(=O)c2ccc(S(=O)(=O)N(Cc3ccccc3)C(C)C)cc2)sc2c1CCN(C)C2. The van der Waals surface area contributed by atoms with Gasteiger partial charge in [-0.25, -0.2) is 13.2 Å². The summed E-state index contributed by atoms with van der Waals surface area (Å²) in [6, 6.07) is 14.8. The molecule has 1 aliphatic rings. The Morgan fingerprint density at radius 3 is 2.35 bits per heavy atom. The molecule has 0 fully saturated rings. The molecule has 212 valence electrons. The van der Waals surface area contributed by atoms with Crippen LogP contribution >= 0.6 is 11.3 Å². The highest BCUT2D eigenvalue weighted by Gasteiger charge is 2.30. The number of fused-ring (bicyclic) bond motifs is 1. The molecule has 1 aliphatic heterocycles. The zero-order chi connectivity index (χ0) is 29.0. The van der Waals surface area contributed by atoms with Crippen molar-refractivity contribution in [1.29, 1.82) is 0 Å². The van der Waals surface area contributed by atoms with E-state index in [1.165, 1.54) is 39.9 Å². The third-order valence-electron chi connectivity index (χ3n) is 6.58. The Hall–Kier alpha value is -3.58. The lowest BCUT2D eigenvalue weighted by Gasteiger charge is -2.26. The van der Waals surface area contributed by atoms with Crippen molar-refractivity contribution in [2.24, 2.45) is 0 Å². The summed E-state index contributed by atoms with van der Waals surface area (Å²) in [6.45, 7) is 5.18. The molecule has 0 spiro atoms. The van der Waals surface area contributed by atoms with E-state index in [0.29, 0.717) is 18.0 Å². The van der Waals surface area contributed by atoms with Crippen LogP contribution in [0.4, 0.5) is 9.80 Å². The Morgan fingerprint density at radius 2 is 1.73 bits per heavy atom. The molecule has 1 aromatic heterocycles. The number of nitrogens with one attached hydrogen (secondary N) is 2. The molecular formula is C28H32N4O6S2. The summed E-state index contributed by atoms with van der Waals surface area (Å²) < 4.78 is 32.9. The predicted molar refractivity (Wildman–Crippen MR) is 153 cm³/mol. The second-order valence-corrected chi connectivity index (χ2v) is 12.7. The first-order valence-electron chi connectivity index (χ1n) is 12.7. The van der Waals surface area contributed by atoms with Crippen LogP contribution in [-0.4, -0.2) is 62.3 Å². The van der Waals surface area contributed by atoms with Crippen LogP contribution in [0.1, 0.15) is 50.6 Å². The molecule has 0 saturated carbocycles. The van der Waals surface area contributed by atoms with E-state index in [0.717, 1.165) is 29.7 Å². The minimum Gasteiger partial charge on any atom is -0.453 e. The molecule has 3 aromatic rings. The number of hydrogen-bond donors (Lipinski definition) is 2. The average molecular weight is 585 g/mol. The summed E-state index contributed by atoms with van der Waals surface area (Å²) >= 11 is 1.28. The highest BCUT2D eigenvalue weighted by atomic mass is 32.2. The molecule has 0 unspecified atom stereocenters. The molecule has 2 aromatic carbocycles. The fraction of sp³-hybridized carbons (Fsp3) is 0.321. The molecule has 0 aliphatic carbocycles. The van der Waals surface area contributed by atoms with Gasteiger partial charge in [0.25, 0.3) is 11.8 Å². The second kappa shape index (κ2) is 12.3. The van der Waals surface area contributed by atoms with Gasteiger partial charge in [0.15, 0.2) is 0 Å². The van der Waals surface area contributed by atoms with Gasteiger partial charge in [0.2, 0.25) is 10.0 Å². The number of alkyl carbamates (subject to hydrolysis) is 1. The van der Waals surface area contributed by atoms with Crippen LogP contribution < -0.4 is 10.6 Å². The van der Waals surface area contributed by atoms with Gasteiger partial charge in [0, 0.05) is 36.1 Å². The highest BCUT2D eigenvalue weighted by Crippen LogP contribution is 2.37. The number of methoxy groups -OCH3 is 1. The lowest BCUT2D eigenvalue weighted by Crippen LogP contribution is -2.36. The van der Waals surface area contributed by atoms with Crippen LogP contribution in [0.5, 0.6) is 0 Å². The average Bonchev–Trinajstić information content (AvgIpc) is 3.28. The quantitative estimate of drug-likeness (QED) is 0.409. The van der Waals surface area contributed by atoms with Gasteiger partial charge < -0.3 is 15.0 Å². The van der Waals surface area contributed by atoms with E-state index in [2.05, 4.69) is 20.3 Å². The topological polar surface area (TPSA) is 125 Å². The van der Waals surface area contributed by atoms with E-state index in [-0.39, 0.29) is 28.6 Å². The summed E-state index contributed by atoms with van der Waals surface area (Å²) in [6.07, 6.45) is -0.307. The van der Waals surface area contributed by atoms with Crippen molar-refractivity contribution in [3.63, 3.8) is 0 Å². The zero-order valence-corrected chi connectivity index (χ0v) is 24.4. The van der Waals surface area contributed by atoms with E-state index < -0.39 is 27.9 Å². The maximum Gasteiger partial charge on any atom is 0.413 e. The predicted octanol–water partition coefficient (Wildman–Crippen LogP) is 4.08. The number of imide groups is 1. The van der Waals surface area contributed by atoms with Gasteiger partial charge in [-0.1, -0.05) is 30.3 Å². The second-order valence-electron chi connectivity index (χ2n) is 9.75. The lowest BCUT2D eigenvalue weighted by molar-refractivity contribution is 0.0936. The van der Waals surface area contributed by atoms with Gasteiger partial charge >= 0.3 is 6.09 Å². The van der Waals surface area contributed by atoms with Crippen LogP contribution in [0.15, 0.2) is 59.5 Å². The minimum absolute atomic E-state index is 0.0708. The molecule has 0 atom stereocenters. The number of amides is 3. The monoisotopic (exact) mass is 584 g/mol. The number of sulfonamides is 1. The van der Waals surface area contributed by atoms with Crippen molar-refractivity contribution in [2.45, 2.75) is 44.3 Å². The first-order valence-corrected chi connectivity index (χ1v) is 15.0. The Balaban J connectivity index is 1.57. The van der Waals surface area contributed by atoms with Gasteiger partial charge in [-0.15, -0.1) is 11.3 Å². The number of benzene rings is 2. The van der Waals surface area contributed by atoms with Crippen molar-refractivity contribution >= 4 is 44.3 Å². The molecule has 10 nitrogen and oxygen atoms in total. The fourth-order valence-corrected chi connectivity index (χ4v) is 7.41. The number of carbonyl (C=O) groups excluding carboxylic acids is 3. The van der Waals surface area contributed by atoms with Crippen molar-refractivity contribution in [2.75, 3.05) is 26.0 Å². The van der Waals surface area contributed by atoms with Gasteiger partial charge in [0.05, 0.1) is 17.6 Å². The number of rotatable bonds is 8. The molecule has 0 radical (unpaired) electrons. The molecule has 4 rings (SSSR count). The molecule has 0 saturated heterocycles. The summed E-state index contributed by atoms with van der Waals surface area (Å²) in [4.78, 5) is 40.9. The lowest BCUT2D eigenvalue weighted by atomic mass is 10.0. The number of hydrogen-bond acceptors (Lipinski definition) is 8. The van der Waals surface area contributed by atoms with Crippen molar-refractivity contribution in [1.82, 2.24) is 14.5 Å². The zero-order valence-electron chi connectivity index (χ0n) is 22.8. The number of nitrogens with zero attached hydrogens (tertiary/aromatic N) is 2. The third-order valence-corrected chi connectivity index (χ3v) is 9.75. The fourth-order valence-electron chi connectivity index (χ4n) is 4.46. The molecule has 40 heavy (non-hydrogen) atoms. The van der Waals surface area contributed by atoms with Gasteiger partial charge in [-0.3, -0.25) is 14.9 Å². The third kappa shape index (κ3) is 6.41. The van der Waals surface area contributed by atoms with Crippen molar-refractivity contribution in [3.05, 3.63) is 81.7 Å². The summed E-state index contributed by atoms with van der Waals surface area (Å²) in [5.74, 6) is -1.16. The summed E-state index contributed by atoms with van der Waals surface area (Å²) in [5, 5.41) is 5.29. The first-order chi connectivity index (χ1) is 19.0. The van der Waals surface area contributed by atoms with Crippen LogP contribution in [-0.2, 0) is 34.3 Å². The maximum atomic E-state index is 13.5. The van der Waals surface area contributed by atoms with Crippen LogP contribution in [0.25, 0.3) is 0 Å². The number of ether oxygens (including phenoxy) is 1. The normalized spacial score (nSPS) is 13.7. The largest absolute Gasteiger partial charge is 0.453 e. The van der Waals surface area contributed by atoms with E-state index in [1.807, 2.05) is 51.2 Å². The standard InChI is InChI=1S/C28H32N4O6S2/c1-18(2)32(16-19-8-6-5-7-9-19)40(36,37)21-12-10-20(11-13-21)25(33)29-27-24(26(34)30-28(35)38-4)22-14-15-31(3)17-23(22)39-27/h5-13,18H,14-17H2,1-4H3,(H,29,33)(H,30,34,35). The van der Waals surface area contributed by atoms with E-state index >= 15 is 0 Å². The number of carbonyl (C=O) groups is 3.